The number of hydrogen-bond acceptors (Lipinski definition) is 3. The number of nitrogens with one attached hydrogen (secondary N) is 1. The van der Waals surface area contributed by atoms with E-state index in [0.29, 0.717) is 6.04 Å². The first-order chi connectivity index (χ1) is 8.56. The Hall–Kier alpha value is -1.55. The number of hydrogen-bond donors (Lipinski definition) is 1. The molecule has 0 saturated heterocycles. The van der Waals surface area contributed by atoms with E-state index >= 15 is 0 Å². The van der Waals surface area contributed by atoms with Gasteiger partial charge in [-0.1, -0.05) is 0 Å². The first-order valence-electron chi connectivity index (χ1n) is 6.35. The molecule has 1 atom stereocenters. The molecule has 0 bridgehead atoms. The zero-order chi connectivity index (χ0) is 13.1. The molecule has 0 aliphatic rings. The van der Waals surface area contributed by atoms with Crippen molar-refractivity contribution in [3.05, 3.63) is 41.1 Å². The molecule has 1 N–H and O–H groups in total. The lowest BCUT2D eigenvalue weighted by molar-refractivity contribution is 0.479. The van der Waals surface area contributed by atoms with Crippen molar-refractivity contribution >= 4 is 0 Å². The predicted octanol–water partition coefficient (Wildman–Crippen LogP) is 2.75. The fourth-order valence-corrected chi connectivity index (χ4v) is 2.18. The van der Waals surface area contributed by atoms with Crippen LogP contribution in [-0.2, 0) is 6.54 Å². The minimum absolute atomic E-state index is 0.305. The summed E-state index contributed by atoms with van der Waals surface area (Å²) in [6, 6.07) is 2.41. The molecule has 2 aromatic rings. The Morgan fingerprint density at radius 1 is 1.39 bits per heavy atom. The van der Waals surface area contributed by atoms with E-state index < -0.39 is 0 Å². The summed E-state index contributed by atoms with van der Waals surface area (Å²) in [5.74, 6) is 1.97. The average molecular weight is 247 g/mol. The summed E-state index contributed by atoms with van der Waals surface area (Å²) in [6.45, 7) is 9.98. The van der Waals surface area contributed by atoms with Crippen LogP contribution in [0.2, 0.25) is 0 Å². The van der Waals surface area contributed by atoms with Gasteiger partial charge < -0.3 is 9.73 Å². The van der Waals surface area contributed by atoms with Crippen LogP contribution in [0.15, 0.2) is 22.9 Å². The maximum absolute atomic E-state index is 5.55. The van der Waals surface area contributed by atoms with Gasteiger partial charge in [0.15, 0.2) is 0 Å². The predicted molar refractivity (Wildman–Crippen MR) is 71.6 cm³/mol. The number of aromatic nitrogens is 2. The van der Waals surface area contributed by atoms with E-state index in [2.05, 4.69) is 36.5 Å². The number of furan rings is 1. The maximum Gasteiger partial charge on any atom is 0.105 e. The normalized spacial score (nSPS) is 12.9. The molecule has 4 nitrogen and oxygen atoms in total. The average Bonchev–Trinajstić information content (AvgIpc) is 2.85. The maximum atomic E-state index is 5.55. The molecule has 0 aliphatic heterocycles. The summed E-state index contributed by atoms with van der Waals surface area (Å²) in [4.78, 5) is 0. The monoisotopic (exact) mass is 247 g/mol. The summed E-state index contributed by atoms with van der Waals surface area (Å²) in [5.41, 5.74) is 2.44. The molecule has 1 unspecified atom stereocenters. The minimum atomic E-state index is 0.305. The number of nitrogens with zero attached hydrogens (tertiary/aromatic N) is 2. The molecule has 0 fully saturated rings. The lowest BCUT2D eigenvalue weighted by Gasteiger charge is -2.13. The third-order valence-corrected chi connectivity index (χ3v) is 3.10. The third kappa shape index (κ3) is 3.01. The molecule has 0 spiro atoms. The van der Waals surface area contributed by atoms with Gasteiger partial charge in [0.25, 0.3) is 0 Å². The summed E-state index contributed by atoms with van der Waals surface area (Å²) < 4.78 is 7.51. The molecule has 2 aromatic heterocycles. The van der Waals surface area contributed by atoms with Gasteiger partial charge in [-0.15, -0.1) is 0 Å². The van der Waals surface area contributed by atoms with E-state index in [1.54, 1.807) is 0 Å². The van der Waals surface area contributed by atoms with Gasteiger partial charge in [0.2, 0.25) is 0 Å². The van der Waals surface area contributed by atoms with Gasteiger partial charge >= 0.3 is 0 Å². The zero-order valence-electron chi connectivity index (χ0n) is 11.5. The lowest BCUT2D eigenvalue weighted by atomic mass is 10.1. The van der Waals surface area contributed by atoms with Gasteiger partial charge in [-0.25, -0.2) is 0 Å². The van der Waals surface area contributed by atoms with Crippen molar-refractivity contribution in [1.29, 1.82) is 0 Å². The van der Waals surface area contributed by atoms with Gasteiger partial charge in [-0.05, 0) is 39.3 Å². The first kappa shape index (κ1) is 12.9. The fourth-order valence-electron chi connectivity index (χ4n) is 2.18. The van der Waals surface area contributed by atoms with Gasteiger partial charge in [0.1, 0.15) is 11.5 Å². The van der Waals surface area contributed by atoms with Crippen LogP contribution >= 0.6 is 0 Å². The third-order valence-electron chi connectivity index (χ3n) is 3.10. The number of aryl methyl sites for hydroxylation is 3. The highest BCUT2D eigenvalue weighted by Crippen LogP contribution is 2.20. The molecular formula is C14H21N3O. The van der Waals surface area contributed by atoms with E-state index in [-0.39, 0.29) is 0 Å². The highest BCUT2D eigenvalue weighted by molar-refractivity contribution is 5.23. The Kier molecular flexibility index (Phi) is 3.87. The van der Waals surface area contributed by atoms with Gasteiger partial charge in [-0.2, -0.15) is 5.10 Å². The second-order valence-electron chi connectivity index (χ2n) is 4.83. The zero-order valence-corrected chi connectivity index (χ0v) is 11.5. The molecule has 0 aromatic carbocycles. The minimum Gasteiger partial charge on any atom is -0.466 e. The van der Waals surface area contributed by atoms with Crippen molar-refractivity contribution in [2.24, 2.45) is 0 Å². The standard InChI is InChI=1S/C14H21N3O/c1-10-8-16-17(9-10)6-5-15-12(3)14-7-11(2)18-13(14)4/h7-9,12,15H,5-6H2,1-4H3. The van der Waals surface area contributed by atoms with Crippen LogP contribution in [0, 0.1) is 20.8 Å². The van der Waals surface area contributed by atoms with Crippen LogP contribution in [0.3, 0.4) is 0 Å². The van der Waals surface area contributed by atoms with Crippen molar-refractivity contribution < 1.29 is 4.42 Å². The molecular weight excluding hydrogens is 226 g/mol. The Balaban J connectivity index is 1.85. The second-order valence-corrected chi connectivity index (χ2v) is 4.83. The SMILES string of the molecule is Cc1cnn(CCNC(C)c2cc(C)oc2C)c1. The Labute approximate surface area is 108 Å². The van der Waals surface area contributed by atoms with Gasteiger partial charge in [0, 0.05) is 24.3 Å². The smallest absolute Gasteiger partial charge is 0.105 e. The Morgan fingerprint density at radius 3 is 2.72 bits per heavy atom. The highest BCUT2D eigenvalue weighted by atomic mass is 16.3. The van der Waals surface area contributed by atoms with E-state index in [1.807, 2.05) is 24.7 Å². The van der Waals surface area contributed by atoms with Crippen molar-refractivity contribution in [3.63, 3.8) is 0 Å². The molecule has 0 saturated carbocycles. The van der Waals surface area contributed by atoms with Crippen LogP contribution in [-0.4, -0.2) is 16.3 Å². The largest absolute Gasteiger partial charge is 0.466 e. The Bertz CT molecular complexity index is 513. The molecule has 18 heavy (non-hydrogen) atoms. The quantitative estimate of drug-likeness (QED) is 0.883. The second kappa shape index (κ2) is 5.40. The summed E-state index contributed by atoms with van der Waals surface area (Å²) in [5, 5.41) is 7.76. The van der Waals surface area contributed by atoms with Crippen molar-refractivity contribution in [3.8, 4) is 0 Å². The summed E-state index contributed by atoms with van der Waals surface area (Å²) in [6.07, 6.45) is 3.94. The van der Waals surface area contributed by atoms with Gasteiger partial charge in [0.05, 0.1) is 12.7 Å². The van der Waals surface area contributed by atoms with E-state index in [1.165, 1.54) is 11.1 Å². The highest BCUT2D eigenvalue weighted by Gasteiger charge is 2.11. The van der Waals surface area contributed by atoms with Crippen molar-refractivity contribution in [2.45, 2.75) is 40.3 Å². The molecule has 0 aliphatic carbocycles. The fraction of sp³-hybridized carbons (Fsp3) is 0.500. The topological polar surface area (TPSA) is 43.0 Å². The Morgan fingerprint density at radius 2 is 2.17 bits per heavy atom. The first-order valence-corrected chi connectivity index (χ1v) is 6.35. The lowest BCUT2D eigenvalue weighted by Crippen LogP contribution is -2.23. The van der Waals surface area contributed by atoms with Crippen LogP contribution in [0.5, 0.6) is 0 Å². The van der Waals surface area contributed by atoms with Gasteiger partial charge in [-0.3, -0.25) is 4.68 Å². The molecule has 98 valence electrons. The molecule has 0 radical (unpaired) electrons. The molecule has 0 amide bonds. The molecule has 2 heterocycles. The molecule has 2 rings (SSSR count). The van der Waals surface area contributed by atoms with E-state index in [0.717, 1.165) is 24.6 Å². The van der Waals surface area contributed by atoms with E-state index in [9.17, 15) is 0 Å². The number of rotatable bonds is 5. The summed E-state index contributed by atoms with van der Waals surface area (Å²) >= 11 is 0. The molecule has 4 heteroatoms. The van der Waals surface area contributed by atoms with Crippen LogP contribution in [0.1, 0.15) is 35.6 Å². The van der Waals surface area contributed by atoms with Crippen LogP contribution in [0.25, 0.3) is 0 Å². The van der Waals surface area contributed by atoms with Crippen molar-refractivity contribution in [2.75, 3.05) is 6.54 Å². The summed E-state index contributed by atoms with van der Waals surface area (Å²) in [7, 11) is 0. The van der Waals surface area contributed by atoms with Crippen LogP contribution in [0.4, 0.5) is 0 Å². The van der Waals surface area contributed by atoms with Crippen molar-refractivity contribution in [1.82, 2.24) is 15.1 Å². The van der Waals surface area contributed by atoms with Crippen LogP contribution < -0.4 is 5.32 Å². The van der Waals surface area contributed by atoms with E-state index in [4.69, 9.17) is 4.42 Å².